The SMILES string of the molecule is CCOCC(=O)NCCOCC(=O)NC1CCC(C(=O)C(C)C)CC1. The van der Waals surface area contributed by atoms with Crippen LogP contribution in [-0.4, -0.2) is 56.6 Å². The number of nitrogens with one attached hydrogen (secondary N) is 2. The minimum Gasteiger partial charge on any atom is -0.372 e. The Kier molecular flexibility index (Phi) is 10.3. The molecule has 0 radical (unpaired) electrons. The summed E-state index contributed by atoms with van der Waals surface area (Å²) in [4.78, 5) is 35.1. The third kappa shape index (κ3) is 8.97. The van der Waals surface area contributed by atoms with E-state index in [1.165, 1.54) is 0 Å². The number of hydrogen-bond acceptors (Lipinski definition) is 5. The number of hydrogen-bond donors (Lipinski definition) is 2. The molecule has 2 amide bonds. The van der Waals surface area contributed by atoms with Crippen molar-refractivity contribution in [3.8, 4) is 0 Å². The Morgan fingerprint density at radius 3 is 2.24 bits per heavy atom. The Hall–Kier alpha value is -1.47. The average molecular weight is 356 g/mol. The van der Waals surface area contributed by atoms with Gasteiger partial charge in [0.1, 0.15) is 19.0 Å². The van der Waals surface area contributed by atoms with E-state index in [1.54, 1.807) is 0 Å². The van der Waals surface area contributed by atoms with E-state index in [0.29, 0.717) is 18.9 Å². The van der Waals surface area contributed by atoms with Crippen molar-refractivity contribution in [1.82, 2.24) is 10.6 Å². The molecule has 0 aliphatic heterocycles. The fraction of sp³-hybridized carbons (Fsp3) is 0.833. The summed E-state index contributed by atoms with van der Waals surface area (Å²) in [7, 11) is 0. The molecule has 7 heteroatoms. The van der Waals surface area contributed by atoms with Crippen LogP contribution in [0.2, 0.25) is 0 Å². The van der Waals surface area contributed by atoms with Crippen LogP contribution >= 0.6 is 0 Å². The number of rotatable bonds is 11. The molecule has 1 fully saturated rings. The summed E-state index contributed by atoms with van der Waals surface area (Å²) in [5, 5.41) is 5.60. The summed E-state index contributed by atoms with van der Waals surface area (Å²) in [5.41, 5.74) is 0. The Labute approximate surface area is 150 Å². The highest BCUT2D eigenvalue weighted by Crippen LogP contribution is 2.27. The van der Waals surface area contributed by atoms with Gasteiger partial charge in [-0.1, -0.05) is 13.8 Å². The van der Waals surface area contributed by atoms with E-state index in [2.05, 4.69) is 10.6 Å². The molecule has 0 saturated heterocycles. The molecule has 0 unspecified atom stereocenters. The Bertz CT molecular complexity index is 431. The van der Waals surface area contributed by atoms with Gasteiger partial charge in [-0.25, -0.2) is 0 Å². The lowest BCUT2D eigenvalue weighted by Crippen LogP contribution is -2.41. The fourth-order valence-electron chi connectivity index (χ4n) is 2.94. The van der Waals surface area contributed by atoms with Crippen LogP contribution in [0.15, 0.2) is 0 Å². The first-order valence-electron chi connectivity index (χ1n) is 9.19. The van der Waals surface area contributed by atoms with Crippen LogP contribution < -0.4 is 10.6 Å². The number of ether oxygens (including phenoxy) is 2. The van der Waals surface area contributed by atoms with E-state index < -0.39 is 0 Å². The zero-order valence-corrected chi connectivity index (χ0v) is 15.6. The summed E-state index contributed by atoms with van der Waals surface area (Å²) in [6.07, 6.45) is 3.36. The predicted octanol–water partition coefficient (Wildman–Crippen LogP) is 1.06. The van der Waals surface area contributed by atoms with Crippen LogP contribution in [0.5, 0.6) is 0 Å². The van der Waals surface area contributed by atoms with Gasteiger partial charge < -0.3 is 20.1 Å². The van der Waals surface area contributed by atoms with Gasteiger partial charge in [0.2, 0.25) is 11.8 Å². The van der Waals surface area contributed by atoms with Crippen molar-refractivity contribution < 1.29 is 23.9 Å². The van der Waals surface area contributed by atoms with Gasteiger partial charge in [-0.05, 0) is 32.6 Å². The Morgan fingerprint density at radius 2 is 1.64 bits per heavy atom. The largest absolute Gasteiger partial charge is 0.372 e. The molecule has 0 aromatic rings. The van der Waals surface area contributed by atoms with Gasteiger partial charge in [0, 0.05) is 31.0 Å². The zero-order chi connectivity index (χ0) is 18.7. The van der Waals surface area contributed by atoms with Crippen molar-refractivity contribution in [2.24, 2.45) is 11.8 Å². The van der Waals surface area contributed by atoms with Gasteiger partial charge in [-0.15, -0.1) is 0 Å². The zero-order valence-electron chi connectivity index (χ0n) is 15.6. The molecule has 7 nitrogen and oxygen atoms in total. The minimum atomic E-state index is -0.192. The number of ketones is 1. The quantitative estimate of drug-likeness (QED) is 0.540. The van der Waals surface area contributed by atoms with Crippen molar-refractivity contribution in [1.29, 1.82) is 0 Å². The molecule has 1 aliphatic carbocycles. The number of carbonyl (C=O) groups excluding carboxylic acids is 3. The molecule has 0 aromatic carbocycles. The van der Waals surface area contributed by atoms with E-state index in [4.69, 9.17) is 9.47 Å². The van der Waals surface area contributed by atoms with Crippen LogP contribution in [-0.2, 0) is 23.9 Å². The lowest BCUT2D eigenvalue weighted by molar-refractivity contribution is -0.127. The summed E-state index contributed by atoms with van der Waals surface area (Å²) in [6.45, 7) is 6.84. The molecular weight excluding hydrogens is 324 g/mol. The normalized spacial score (nSPS) is 20.3. The van der Waals surface area contributed by atoms with Gasteiger partial charge in [0.05, 0.1) is 6.61 Å². The summed E-state index contributed by atoms with van der Waals surface area (Å²) < 4.78 is 10.2. The lowest BCUT2D eigenvalue weighted by Gasteiger charge is -2.29. The van der Waals surface area contributed by atoms with Crippen LogP contribution in [0.3, 0.4) is 0 Å². The standard InChI is InChI=1S/C18H32N2O5/c1-4-24-11-16(21)19-9-10-25-12-17(22)20-15-7-5-14(6-8-15)18(23)13(2)3/h13-15H,4-12H2,1-3H3,(H,19,21)(H,20,22). The maximum absolute atomic E-state index is 12.0. The molecule has 0 aromatic heterocycles. The summed E-state index contributed by atoms with van der Waals surface area (Å²) in [5.74, 6) is 0.213. The van der Waals surface area contributed by atoms with Crippen LogP contribution in [0.25, 0.3) is 0 Å². The third-order valence-electron chi connectivity index (χ3n) is 4.30. The smallest absolute Gasteiger partial charge is 0.246 e. The molecule has 144 valence electrons. The van der Waals surface area contributed by atoms with Gasteiger partial charge in [-0.3, -0.25) is 14.4 Å². The molecule has 25 heavy (non-hydrogen) atoms. The molecule has 0 bridgehead atoms. The maximum atomic E-state index is 12.0. The van der Waals surface area contributed by atoms with Gasteiger partial charge in [-0.2, -0.15) is 0 Å². The summed E-state index contributed by atoms with van der Waals surface area (Å²) >= 11 is 0. The topological polar surface area (TPSA) is 93.7 Å². The molecule has 1 rings (SSSR count). The van der Waals surface area contributed by atoms with E-state index in [-0.39, 0.29) is 49.5 Å². The van der Waals surface area contributed by atoms with Crippen molar-refractivity contribution in [3.63, 3.8) is 0 Å². The monoisotopic (exact) mass is 356 g/mol. The maximum Gasteiger partial charge on any atom is 0.246 e. The average Bonchev–Trinajstić information content (AvgIpc) is 2.59. The molecule has 0 heterocycles. The molecule has 0 spiro atoms. The van der Waals surface area contributed by atoms with Crippen molar-refractivity contribution in [2.75, 3.05) is 33.0 Å². The molecule has 1 saturated carbocycles. The predicted molar refractivity (Wildman–Crippen MR) is 94.1 cm³/mol. The molecule has 1 aliphatic rings. The number of amides is 2. The van der Waals surface area contributed by atoms with Gasteiger partial charge >= 0.3 is 0 Å². The second-order valence-electron chi connectivity index (χ2n) is 6.71. The summed E-state index contributed by atoms with van der Waals surface area (Å²) in [6, 6.07) is 0.123. The first kappa shape index (κ1) is 21.6. The fourth-order valence-corrected chi connectivity index (χ4v) is 2.94. The minimum absolute atomic E-state index is 0.0216. The van der Waals surface area contributed by atoms with Gasteiger partial charge in [0.15, 0.2) is 0 Å². The number of Topliss-reactive ketones (excluding diaryl/α,β-unsaturated/α-hetero) is 1. The van der Waals surface area contributed by atoms with E-state index >= 15 is 0 Å². The first-order chi connectivity index (χ1) is 11.9. The molecule has 2 N–H and O–H groups in total. The second-order valence-corrected chi connectivity index (χ2v) is 6.71. The van der Waals surface area contributed by atoms with Crippen molar-refractivity contribution in [2.45, 2.75) is 52.5 Å². The first-order valence-corrected chi connectivity index (χ1v) is 9.19. The Balaban J connectivity index is 2.08. The molecule has 0 atom stereocenters. The Morgan fingerprint density at radius 1 is 1.00 bits per heavy atom. The second kappa shape index (κ2) is 12.0. The highest BCUT2D eigenvalue weighted by atomic mass is 16.5. The lowest BCUT2D eigenvalue weighted by atomic mass is 9.80. The van der Waals surface area contributed by atoms with Crippen molar-refractivity contribution >= 4 is 17.6 Å². The van der Waals surface area contributed by atoms with Crippen LogP contribution in [0.1, 0.15) is 46.5 Å². The van der Waals surface area contributed by atoms with Gasteiger partial charge in [0.25, 0.3) is 0 Å². The van der Waals surface area contributed by atoms with E-state index in [0.717, 1.165) is 25.7 Å². The number of carbonyl (C=O) groups is 3. The molecular formula is C18H32N2O5. The van der Waals surface area contributed by atoms with Crippen LogP contribution in [0.4, 0.5) is 0 Å². The van der Waals surface area contributed by atoms with Crippen molar-refractivity contribution in [3.05, 3.63) is 0 Å². The van der Waals surface area contributed by atoms with E-state index in [1.807, 2.05) is 20.8 Å². The highest BCUT2D eigenvalue weighted by molar-refractivity contribution is 5.83. The highest BCUT2D eigenvalue weighted by Gasteiger charge is 2.28. The third-order valence-corrected chi connectivity index (χ3v) is 4.30. The van der Waals surface area contributed by atoms with Crippen LogP contribution in [0, 0.1) is 11.8 Å². The van der Waals surface area contributed by atoms with E-state index in [9.17, 15) is 14.4 Å².